The summed E-state index contributed by atoms with van der Waals surface area (Å²) in [5.74, 6) is -1.61. The average Bonchev–Trinajstić information content (AvgIpc) is 3.13. The zero-order valence-corrected chi connectivity index (χ0v) is 17.7. The predicted molar refractivity (Wildman–Crippen MR) is 107 cm³/mol. The zero-order chi connectivity index (χ0) is 21.4. The SMILES string of the molecule is COC(=O)[C@@H](CC(=O)OCc1ccccc1)C[C@@H]1CCCN1C(=O)OC(C)(C)C. The van der Waals surface area contributed by atoms with Crippen molar-refractivity contribution in [3.8, 4) is 0 Å². The summed E-state index contributed by atoms with van der Waals surface area (Å²) in [6.07, 6.45) is 1.45. The van der Waals surface area contributed by atoms with Gasteiger partial charge in [-0.15, -0.1) is 0 Å². The first-order chi connectivity index (χ1) is 13.7. The Balaban J connectivity index is 1.96. The zero-order valence-electron chi connectivity index (χ0n) is 17.7. The van der Waals surface area contributed by atoms with E-state index in [4.69, 9.17) is 14.2 Å². The van der Waals surface area contributed by atoms with Crippen LogP contribution in [0.15, 0.2) is 30.3 Å². The fourth-order valence-electron chi connectivity index (χ4n) is 3.40. The maximum Gasteiger partial charge on any atom is 0.410 e. The summed E-state index contributed by atoms with van der Waals surface area (Å²) < 4.78 is 15.7. The topological polar surface area (TPSA) is 82.1 Å². The molecular formula is C22H31NO6. The van der Waals surface area contributed by atoms with Gasteiger partial charge in [-0.2, -0.15) is 0 Å². The third-order valence-electron chi connectivity index (χ3n) is 4.75. The second-order valence-corrected chi connectivity index (χ2v) is 8.28. The number of rotatable bonds is 7. The molecule has 29 heavy (non-hydrogen) atoms. The summed E-state index contributed by atoms with van der Waals surface area (Å²) in [6.45, 7) is 6.18. The van der Waals surface area contributed by atoms with Crippen molar-refractivity contribution in [3.63, 3.8) is 0 Å². The molecule has 1 aliphatic heterocycles. The van der Waals surface area contributed by atoms with E-state index < -0.39 is 29.6 Å². The molecule has 2 rings (SSSR count). The lowest BCUT2D eigenvalue weighted by Crippen LogP contribution is -2.41. The molecule has 0 saturated carbocycles. The average molecular weight is 405 g/mol. The molecule has 160 valence electrons. The molecule has 1 aliphatic rings. The Kier molecular flexibility index (Phi) is 8.05. The van der Waals surface area contributed by atoms with Crippen LogP contribution >= 0.6 is 0 Å². The van der Waals surface area contributed by atoms with Crippen molar-refractivity contribution in [1.82, 2.24) is 4.90 Å². The molecule has 1 heterocycles. The van der Waals surface area contributed by atoms with Gasteiger partial charge in [-0.3, -0.25) is 9.59 Å². The van der Waals surface area contributed by atoms with Gasteiger partial charge in [-0.25, -0.2) is 4.79 Å². The Morgan fingerprint density at radius 2 is 1.86 bits per heavy atom. The van der Waals surface area contributed by atoms with Gasteiger partial charge in [0, 0.05) is 12.6 Å². The van der Waals surface area contributed by atoms with Gasteiger partial charge < -0.3 is 19.1 Å². The van der Waals surface area contributed by atoms with E-state index in [0.29, 0.717) is 13.0 Å². The molecule has 1 aromatic rings. The van der Waals surface area contributed by atoms with Gasteiger partial charge in [0.05, 0.1) is 19.4 Å². The Labute approximate surface area is 172 Å². The highest BCUT2D eigenvalue weighted by Gasteiger charge is 2.36. The number of benzene rings is 1. The first kappa shape index (κ1) is 22.7. The van der Waals surface area contributed by atoms with Crippen molar-refractivity contribution in [2.45, 2.75) is 64.7 Å². The molecule has 1 amide bonds. The number of carbonyl (C=O) groups is 3. The quantitative estimate of drug-likeness (QED) is 0.508. The lowest BCUT2D eigenvalue weighted by atomic mass is 9.95. The maximum atomic E-state index is 12.5. The van der Waals surface area contributed by atoms with Gasteiger partial charge in [-0.05, 0) is 45.6 Å². The highest BCUT2D eigenvalue weighted by Crippen LogP contribution is 2.27. The molecule has 0 radical (unpaired) electrons. The van der Waals surface area contributed by atoms with Gasteiger partial charge >= 0.3 is 18.0 Å². The van der Waals surface area contributed by atoms with Crippen LogP contribution in [-0.2, 0) is 30.4 Å². The largest absolute Gasteiger partial charge is 0.469 e. The maximum absolute atomic E-state index is 12.5. The summed E-state index contributed by atoms with van der Waals surface area (Å²) in [5.41, 5.74) is 0.287. The van der Waals surface area contributed by atoms with Crippen LogP contribution in [0.3, 0.4) is 0 Å². The third kappa shape index (κ3) is 7.40. The Morgan fingerprint density at radius 3 is 2.48 bits per heavy atom. The Morgan fingerprint density at radius 1 is 1.17 bits per heavy atom. The van der Waals surface area contributed by atoms with Crippen LogP contribution in [0.2, 0.25) is 0 Å². The minimum Gasteiger partial charge on any atom is -0.469 e. The summed E-state index contributed by atoms with van der Waals surface area (Å²) >= 11 is 0. The van der Waals surface area contributed by atoms with Crippen LogP contribution in [0.5, 0.6) is 0 Å². The number of carbonyl (C=O) groups excluding carboxylic acids is 3. The number of esters is 2. The second-order valence-electron chi connectivity index (χ2n) is 8.28. The van der Waals surface area contributed by atoms with E-state index in [2.05, 4.69) is 0 Å². The number of amides is 1. The second kappa shape index (κ2) is 10.3. The fraction of sp³-hybridized carbons (Fsp3) is 0.591. The standard InChI is InChI=1S/C22H31NO6/c1-22(2,3)29-21(26)23-12-8-11-18(23)13-17(20(25)27-4)14-19(24)28-15-16-9-6-5-7-10-16/h5-7,9-10,17-18H,8,11-15H2,1-4H3/t17-,18+/m1/s1. The molecule has 1 aromatic carbocycles. The lowest BCUT2D eigenvalue weighted by molar-refractivity contribution is -0.154. The van der Waals surface area contributed by atoms with Crippen molar-refractivity contribution in [2.24, 2.45) is 5.92 Å². The van der Waals surface area contributed by atoms with E-state index in [1.165, 1.54) is 7.11 Å². The molecule has 1 saturated heterocycles. The van der Waals surface area contributed by atoms with E-state index in [-0.39, 0.29) is 19.1 Å². The molecule has 0 bridgehead atoms. The molecule has 7 heteroatoms. The van der Waals surface area contributed by atoms with E-state index in [0.717, 1.165) is 18.4 Å². The van der Waals surface area contributed by atoms with Crippen LogP contribution in [0, 0.1) is 5.92 Å². The number of ether oxygens (including phenoxy) is 3. The third-order valence-corrected chi connectivity index (χ3v) is 4.75. The van der Waals surface area contributed by atoms with Crippen molar-refractivity contribution < 1.29 is 28.6 Å². The summed E-state index contributed by atoms with van der Waals surface area (Å²) in [5, 5.41) is 0. The molecule has 2 atom stereocenters. The highest BCUT2D eigenvalue weighted by atomic mass is 16.6. The van der Waals surface area contributed by atoms with E-state index >= 15 is 0 Å². The van der Waals surface area contributed by atoms with Crippen LogP contribution in [0.25, 0.3) is 0 Å². The number of hydrogen-bond donors (Lipinski definition) is 0. The smallest absolute Gasteiger partial charge is 0.410 e. The fourth-order valence-corrected chi connectivity index (χ4v) is 3.40. The normalized spacial score (nSPS) is 17.5. The van der Waals surface area contributed by atoms with Crippen LogP contribution in [-0.4, -0.2) is 48.2 Å². The van der Waals surface area contributed by atoms with Crippen LogP contribution < -0.4 is 0 Å². The van der Waals surface area contributed by atoms with E-state index in [1.807, 2.05) is 51.1 Å². The van der Waals surface area contributed by atoms with Crippen LogP contribution in [0.1, 0.15) is 52.0 Å². The Hall–Kier alpha value is -2.57. The molecule has 0 aliphatic carbocycles. The van der Waals surface area contributed by atoms with Crippen molar-refractivity contribution in [1.29, 1.82) is 0 Å². The molecule has 7 nitrogen and oxygen atoms in total. The van der Waals surface area contributed by atoms with Crippen molar-refractivity contribution >= 4 is 18.0 Å². The highest BCUT2D eigenvalue weighted by molar-refractivity contribution is 5.80. The Bertz CT molecular complexity index is 697. The number of hydrogen-bond acceptors (Lipinski definition) is 6. The first-order valence-corrected chi connectivity index (χ1v) is 9.96. The minimum atomic E-state index is -0.670. The summed E-state index contributed by atoms with van der Waals surface area (Å²) in [4.78, 5) is 38.7. The summed E-state index contributed by atoms with van der Waals surface area (Å²) in [6, 6.07) is 9.18. The van der Waals surface area contributed by atoms with Crippen molar-refractivity contribution in [2.75, 3.05) is 13.7 Å². The van der Waals surface area contributed by atoms with Gasteiger partial charge in [0.25, 0.3) is 0 Å². The van der Waals surface area contributed by atoms with E-state index in [1.54, 1.807) is 4.90 Å². The number of likely N-dealkylation sites (tertiary alicyclic amines) is 1. The summed E-state index contributed by atoms with van der Waals surface area (Å²) in [7, 11) is 1.30. The van der Waals surface area contributed by atoms with Crippen LogP contribution in [0.4, 0.5) is 4.79 Å². The molecular weight excluding hydrogens is 374 g/mol. The van der Waals surface area contributed by atoms with Gasteiger partial charge in [0.2, 0.25) is 0 Å². The molecule has 0 aromatic heterocycles. The number of methoxy groups -OCH3 is 1. The number of nitrogens with zero attached hydrogens (tertiary/aromatic N) is 1. The molecule has 0 N–H and O–H groups in total. The van der Waals surface area contributed by atoms with E-state index in [9.17, 15) is 14.4 Å². The molecule has 0 spiro atoms. The monoisotopic (exact) mass is 405 g/mol. The van der Waals surface area contributed by atoms with Gasteiger partial charge in [0.15, 0.2) is 0 Å². The lowest BCUT2D eigenvalue weighted by Gasteiger charge is -2.30. The predicted octanol–water partition coefficient (Wildman–Crippen LogP) is 3.70. The molecule has 0 unspecified atom stereocenters. The molecule has 1 fully saturated rings. The first-order valence-electron chi connectivity index (χ1n) is 9.96. The minimum absolute atomic E-state index is 0.0852. The van der Waals surface area contributed by atoms with Gasteiger partial charge in [-0.1, -0.05) is 30.3 Å². The van der Waals surface area contributed by atoms with Crippen molar-refractivity contribution in [3.05, 3.63) is 35.9 Å². The van der Waals surface area contributed by atoms with Gasteiger partial charge in [0.1, 0.15) is 12.2 Å².